The van der Waals surface area contributed by atoms with Crippen LogP contribution in [0.15, 0.2) is 40.9 Å². The Hall–Kier alpha value is -1.02. The minimum Gasteiger partial charge on any atom is -0.319 e. The highest BCUT2D eigenvalue weighted by Gasteiger charge is 2.13. The van der Waals surface area contributed by atoms with Gasteiger partial charge in [-0.3, -0.25) is 4.79 Å². The number of hydrogen-bond donors (Lipinski definition) is 1. The Kier molecular flexibility index (Phi) is 4.51. The molecule has 2 nitrogen and oxygen atoms in total. The molecule has 1 N–H and O–H groups in total. The molecule has 0 aliphatic carbocycles. The van der Waals surface area contributed by atoms with Crippen molar-refractivity contribution in [2.24, 2.45) is 0 Å². The Balaban J connectivity index is 2.28. The maximum atomic E-state index is 13.4. The van der Waals surface area contributed by atoms with Gasteiger partial charge >= 0.3 is 0 Å². The van der Waals surface area contributed by atoms with E-state index in [9.17, 15) is 13.6 Å². The molecule has 0 radical (unpaired) electrons. The number of amides is 1. The van der Waals surface area contributed by atoms with Crippen LogP contribution in [0.4, 0.5) is 14.5 Å². The molecule has 2 aromatic rings. The summed E-state index contributed by atoms with van der Waals surface area (Å²) in [6.45, 7) is 0. The van der Waals surface area contributed by atoms with Crippen molar-refractivity contribution in [3.63, 3.8) is 0 Å². The fourth-order valence-corrected chi connectivity index (χ4v) is 2.39. The van der Waals surface area contributed by atoms with Crippen LogP contribution in [0, 0.1) is 15.2 Å². The number of benzene rings is 2. The van der Waals surface area contributed by atoms with E-state index in [4.69, 9.17) is 0 Å². The zero-order valence-corrected chi connectivity index (χ0v) is 13.1. The normalized spacial score (nSPS) is 10.3. The predicted octanol–water partition coefficient (Wildman–Crippen LogP) is 4.58. The quantitative estimate of drug-likeness (QED) is 0.684. The Labute approximate surface area is 130 Å². The number of carbonyl (C=O) groups excluding carboxylic acids is 1. The lowest BCUT2D eigenvalue weighted by Crippen LogP contribution is -2.14. The molecule has 0 saturated carbocycles. The second kappa shape index (κ2) is 5.96. The van der Waals surface area contributed by atoms with E-state index in [0.29, 0.717) is 5.56 Å². The van der Waals surface area contributed by atoms with E-state index in [2.05, 4.69) is 21.2 Å². The van der Waals surface area contributed by atoms with Crippen molar-refractivity contribution >= 4 is 50.1 Å². The van der Waals surface area contributed by atoms with Gasteiger partial charge in [0.15, 0.2) is 0 Å². The molecule has 0 saturated heterocycles. The zero-order valence-electron chi connectivity index (χ0n) is 9.38. The molecule has 0 aliphatic heterocycles. The van der Waals surface area contributed by atoms with Gasteiger partial charge in [0.05, 0.1) is 11.3 Å². The van der Waals surface area contributed by atoms with Crippen molar-refractivity contribution in [2.45, 2.75) is 0 Å². The molecule has 0 spiro atoms. The van der Waals surface area contributed by atoms with Crippen LogP contribution in [0.2, 0.25) is 0 Å². The standard InChI is InChI=1S/C13H7BrF2INO/c14-7-1-3-11(17)9(5-7)13(19)18-12-4-2-8(15)6-10(12)16/h1-6H,(H,18,19). The van der Waals surface area contributed by atoms with E-state index in [1.807, 2.05) is 22.6 Å². The van der Waals surface area contributed by atoms with Gasteiger partial charge in [-0.05, 0) is 52.9 Å². The molecule has 2 aromatic carbocycles. The van der Waals surface area contributed by atoms with Crippen molar-refractivity contribution in [2.75, 3.05) is 5.32 Å². The molecule has 0 bridgehead atoms. The van der Waals surface area contributed by atoms with Gasteiger partial charge in [-0.15, -0.1) is 0 Å². The van der Waals surface area contributed by atoms with E-state index in [1.165, 1.54) is 6.07 Å². The van der Waals surface area contributed by atoms with E-state index in [-0.39, 0.29) is 5.69 Å². The van der Waals surface area contributed by atoms with E-state index >= 15 is 0 Å². The fraction of sp³-hybridized carbons (Fsp3) is 0. The molecular weight excluding hydrogens is 431 g/mol. The SMILES string of the molecule is O=C(Nc1ccc(F)cc1F)c1cc(Br)ccc1I. The molecule has 6 heteroatoms. The molecule has 0 fully saturated rings. The lowest BCUT2D eigenvalue weighted by Gasteiger charge is -2.08. The molecule has 98 valence electrons. The molecular formula is C13H7BrF2INO. The van der Waals surface area contributed by atoms with Gasteiger partial charge in [-0.2, -0.15) is 0 Å². The van der Waals surface area contributed by atoms with Gasteiger partial charge in [0.1, 0.15) is 11.6 Å². The summed E-state index contributed by atoms with van der Waals surface area (Å²) in [6.07, 6.45) is 0. The van der Waals surface area contributed by atoms with Gasteiger partial charge in [0, 0.05) is 14.1 Å². The number of carbonyl (C=O) groups is 1. The summed E-state index contributed by atoms with van der Waals surface area (Å²) in [6, 6.07) is 8.20. The lowest BCUT2D eigenvalue weighted by atomic mass is 10.2. The number of anilines is 1. The summed E-state index contributed by atoms with van der Waals surface area (Å²) in [5.41, 5.74) is 0.362. The van der Waals surface area contributed by atoms with Gasteiger partial charge in [-0.25, -0.2) is 8.78 Å². The van der Waals surface area contributed by atoms with Crippen molar-refractivity contribution in [1.82, 2.24) is 0 Å². The Morgan fingerprint density at radius 1 is 1.16 bits per heavy atom. The summed E-state index contributed by atoms with van der Waals surface area (Å²) < 4.78 is 27.7. The van der Waals surface area contributed by atoms with Crippen LogP contribution in [0.1, 0.15) is 10.4 Å². The Bertz CT molecular complexity index is 649. The maximum Gasteiger partial charge on any atom is 0.256 e. The average Bonchev–Trinajstić information content (AvgIpc) is 2.35. The first-order valence-corrected chi connectivity index (χ1v) is 7.06. The van der Waals surface area contributed by atoms with Crippen LogP contribution < -0.4 is 5.32 Å². The molecule has 2 rings (SSSR count). The van der Waals surface area contributed by atoms with Crippen LogP contribution >= 0.6 is 38.5 Å². The summed E-state index contributed by atoms with van der Waals surface area (Å²) in [5, 5.41) is 2.42. The maximum absolute atomic E-state index is 13.4. The Morgan fingerprint density at radius 3 is 2.58 bits per heavy atom. The topological polar surface area (TPSA) is 29.1 Å². The van der Waals surface area contributed by atoms with Gasteiger partial charge < -0.3 is 5.32 Å². The van der Waals surface area contributed by atoms with Crippen LogP contribution in [0.25, 0.3) is 0 Å². The highest BCUT2D eigenvalue weighted by atomic mass is 127. The highest BCUT2D eigenvalue weighted by Crippen LogP contribution is 2.21. The van der Waals surface area contributed by atoms with Crippen LogP contribution in [-0.4, -0.2) is 5.91 Å². The number of rotatable bonds is 2. The van der Waals surface area contributed by atoms with Crippen LogP contribution in [-0.2, 0) is 0 Å². The molecule has 0 aliphatic rings. The van der Waals surface area contributed by atoms with Gasteiger partial charge in [0.2, 0.25) is 0 Å². The van der Waals surface area contributed by atoms with Crippen LogP contribution in [0.5, 0.6) is 0 Å². The zero-order chi connectivity index (χ0) is 14.0. The molecule has 19 heavy (non-hydrogen) atoms. The van der Waals surface area contributed by atoms with Crippen molar-refractivity contribution < 1.29 is 13.6 Å². The number of nitrogens with one attached hydrogen (secondary N) is 1. The largest absolute Gasteiger partial charge is 0.319 e. The second-order valence-corrected chi connectivity index (χ2v) is 5.78. The smallest absolute Gasteiger partial charge is 0.256 e. The minimum absolute atomic E-state index is 0.0535. The fourth-order valence-electron chi connectivity index (χ4n) is 1.45. The van der Waals surface area contributed by atoms with E-state index in [0.717, 1.165) is 20.2 Å². The molecule has 0 atom stereocenters. The van der Waals surface area contributed by atoms with Gasteiger partial charge in [0.25, 0.3) is 5.91 Å². The molecule has 1 amide bonds. The first-order valence-electron chi connectivity index (χ1n) is 5.19. The third kappa shape index (κ3) is 3.50. The first-order chi connectivity index (χ1) is 8.97. The van der Waals surface area contributed by atoms with E-state index < -0.39 is 17.5 Å². The average molecular weight is 438 g/mol. The second-order valence-electron chi connectivity index (χ2n) is 3.70. The van der Waals surface area contributed by atoms with Crippen molar-refractivity contribution in [1.29, 1.82) is 0 Å². The van der Waals surface area contributed by atoms with Gasteiger partial charge in [-0.1, -0.05) is 15.9 Å². The lowest BCUT2D eigenvalue weighted by molar-refractivity contribution is 0.102. The summed E-state index contributed by atoms with van der Waals surface area (Å²) in [5.74, 6) is -1.94. The predicted molar refractivity (Wildman–Crippen MR) is 81.2 cm³/mol. The third-order valence-electron chi connectivity index (χ3n) is 2.35. The summed E-state index contributed by atoms with van der Waals surface area (Å²) in [4.78, 5) is 12.0. The number of hydrogen-bond acceptors (Lipinski definition) is 1. The highest BCUT2D eigenvalue weighted by molar-refractivity contribution is 14.1. The summed E-state index contributed by atoms with van der Waals surface area (Å²) in [7, 11) is 0. The van der Waals surface area contributed by atoms with E-state index in [1.54, 1.807) is 18.2 Å². The van der Waals surface area contributed by atoms with Crippen molar-refractivity contribution in [3.05, 3.63) is 61.6 Å². The first kappa shape index (κ1) is 14.4. The summed E-state index contributed by atoms with van der Waals surface area (Å²) >= 11 is 5.28. The molecule has 0 unspecified atom stereocenters. The molecule has 0 aromatic heterocycles. The number of halogens is 4. The molecule has 0 heterocycles. The minimum atomic E-state index is -0.807. The monoisotopic (exact) mass is 437 g/mol. The third-order valence-corrected chi connectivity index (χ3v) is 3.79. The van der Waals surface area contributed by atoms with Crippen LogP contribution in [0.3, 0.4) is 0 Å². The Morgan fingerprint density at radius 2 is 1.89 bits per heavy atom. The van der Waals surface area contributed by atoms with Crippen molar-refractivity contribution in [3.8, 4) is 0 Å².